The van der Waals surface area contributed by atoms with Gasteiger partial charge in [-0.15, -0.1) is 0 Å². The van der Waals surface area contributed by atoms with E-state index in [-0.39, 0.29) is 5.91 Å². The predicted octanol–water partition coefficient (Wildman–Crippen LogP) is -1.68. The largest absolute Gasteiger partial charge is 0.320 e. The molecule has 0 fully saturated rings. The summed E-state index contributed by atoms with van der Waals surface area (Å²) in [5.41, 5.74) is 6.95. The van der Waals surface area contributed by atoms with Crippen molar-refractivity contribution in [3.8, 4) is 0 Å². The molecular formula is C3H9N3O. The van der Waals surface area contributed by atoms with Crippen molar-refractivity contribution in [3.63, 3.8) is 0 Å². The number of amides is 1. The summed E-state index contributed by atoms with van der Waals surface area (Å²) in [6, 6.07) is -0.509. The van der Waals surface area contributed by atoms with Gasteiger partial charge in [0.05, 0.1) is 6.04 Å². The fourth-order valence-corrected chi connectivity index (χ4v) is 0.131. The van der Waals surface area contributed by atoms with E-state index in [2.05, 4.69) is 0 Å². The van der Waals surface area contributed by atoms with E-state index in [1.165, 1.54) is 0 Å². The Morgan fingerprint density at radius 3 is 2.29 bits per heavy atom. The number of rotatable bonds is 1. The van der Waals surface area contributed by atoms with E-state index in [9.17, 15) is 4.79 Å². The first kappa shape index (κ1) is 6.39. The number of hydrazine groups is 1. The molecule has 0 aromatic carbocycles. The van der Waals surface area contributed by atoms with Crippen molar-refractivity contribution in [2.24, 2.45) is 11.6 Å². The van der Waals surface area contributed by atoms with Crippen molar-refractivity contribution >= 4 is 5.91 Å². The van der Waals surface area contributed by atoms with Gasteiger partial charge in [0, 0.05) is 0 Å². The van der Waals surface area contributed by atoms with Crippen molar-refractivity contribution < 1.29 is 4.79 Å². The van der Waals surface area contributed by atoms with Crippen LogP contribution in [-0.2, 0) is 4.79 Å². The van der Waals surface area contributed by atoms with Gasteiger partial charge in [-0.1, -0.05) is 0 Å². The van der Waals surface area contributed by atoms with Gasteiger partial charge >= 0.3 is 0 Å². The second kappa shape index (κ2) is 2.54. The molecule has 0 aromatic rings. The molecule has 1 amide bonds. The lowest BCUT2D eigenvalue weighted by Gasteiger charge is -1.98. The fourth-order valence-electron chi connectivity index (χ4n) is 0.131. The molecule has 0 saturated heterocycles. The molecule has 0 aliphatic heterocycles. The Morgan fingerprint density at radius 1 is 1.86 bits per heavy atom. The maximum absolute atomic E-state index is 10.2. The highest BCUT2D eigenvalue weighted by Crippen LogP contribution is 1.67. The Kier molecular flexibility index (Phi) is 2.32. The number of nitrogens with one attached hydrogen (secondary N) is 1. The SMILES string of the molecule is CC(N)C(=O)NN. The van der Waals surface area contributed by atoms with Gasteiger partial charge in [-0.25, -0.2) is 5.84 Å². The molecule has 1 atom stereocenters. The number of carbonyl (C=O) groups excluding carboxylic acids is 1. The van der Waals surface area contributed by atoms with Gasteiger partial charge in [0.2, 0.25) is 5.91 Å². The Labute approximate surface area is 41.8 Å². The van der Waals surface area contributed by atoms with E-state index in [1.807, 2.05) is 5.43 Å². The maximum atomic E-state index is 10.2. The van der Waals surface area contributed by atoms with E-state index in [0.717, 1.165) is 0 Å². The lowest BCUT2D eigenvalue weighted by molar-refractivity contribution is -0.122. The number of hydrogen-bond donors (Lipinski definition) is 3. The standard InChI is InChI=1S/C3H9N3O/c1-2(4)3(7)6-5/h2H,4-5H2,1H3,(H,6,7). The van der Waals surface area contributed by atoms with E-state index in [0.29, 0.717) is 0 Å². The topological polar surface area (TPSA) is 81.1 Å². The molecule has 1 unspecified atom stereocenters. The number of carbonyl (C=O) groups is 1. The summed E-state index contributed by atoms with van der Waals surface area (Å²) < 4.78 is 0. The molecule has 0 aliphatic carbocycles. The van der Waals surface area contributed by atoms with Crippen molar-refractivity contribution in [1.29, 1.82) is 0 Å². The van der Waals surface area contributed by atoms with Crippen LogP contribution in [0.5, 0.6) is 0 Å². The van der Waals surface area contributed by atoms with Gasteiger partial charge in [-0.2, -0.15) is 0 Å². The molecule has 0 heterocycles. The van der Waals surface area contributed by atoms with Crippen LogP contribution in [0.4, 0.5) is 0 Å². The van der Waals surface area contributed by atoms with Crippen LogP contribution in [0.25, 0.3) is 0 Å². The fraction of sp³-hybridized carbons (Fsp3) is 0.667. The highest BCUT2D eigenvalue weighted by atomic mass is 16.2. The van der Waals surface area contributed by atoms with E-state index >= 15 is 0 Å². The predicted molar refractivity (Wildman–Crippen MR) is 26.0 cm³/mol. The number of hydrogen-bond acceptors (Lipinski definition) is 3. The average Bonchev–Trinajstić information content (AvgIpc) is 1.65. The molecule has 0 radical (unpaired) electrons. The molecular weight excluding hydrogens is 94.1 g/mol. The Balaban J connectivity index is 3.35. The van der Waals surface area contributed by atoms with Gasteiger partial charge in [0.15, 0.2) is 0 Å². The van der Waals surface area contributed by atoms with Crippen LogP contribution >= 0.6 is 0 Å². The smallest absolute Gasteiger partial charge is 0.250 e. The van der Waals surface area contributed by atoms with E-state index in [1.54, 1.807) is 6.92 Å². The zero-order valence-corrected chi connectivity index (χ0v) is 4.14. The summed E-state index contributed by atoms with van der Waals surface area (Å²) in [6.45, 7) is 1.56. The zero-order chi connectivity index (χ0) is 5.86. The first-order valence-electron chi connectivity index (χ1n) is 1.94. The molecule has 7 heavy (non-hydrogen) atoms. The minimum Gasteiger partial charge on any atom is -0.320 e. The van der Waals surface area contributed by atoms with E-state index in [4.69, 9.17) is 11.6 Å². The van der Waals surface area contributed by atoms with Crippen molar-refractivity contribution in [2.75, 3.05) is 0 Å². The van der Waals surface area contributed by atoms with E-state index < -0.39 is 6.04 Å². The van der Waals surface area contributed by atoms with Gasteiger partial charge in [0.1, 0.15) is 0 Å². The molecule has 0 spiro atoms. The molecule has 0 aromatic heterocycles. The maximum Gasteiger partial charge on any atom is 0.250 e. The van der Waals surface area contributed by atoms with Crippen molar-refractivity contribution in [2.45, 2.75) is 13.0 Å². The Hall–Kier alpha value is -0.610. The highest BCUT2D eigenvalue weighted by Gasteiger charge is 2.01. The molecule has 0 rings (SSSR count). The second-order valence-electron chi connectivity index (χ2n) is 1.30. The minimum absolute atomic E-state index is 0.347. The van der Waals surface area contributed by atoms with Crippen LogP contribution in [0, 0.1) is 0 Å². The average molecular weight is 103 g/mol. The third-order valence-corrected chi connectivity index (χ3v) is 0.556. The monoisotopic (exact) mass is 103 g/mol. The quantitative estimate of drug-likeness (QED) is 0.211. The van der Waals surface area contributed by atoms with Crippen LogP contribution < -0.4 is 17.0 Å². The summed E-state index contributed by atoms with van der Waals surface area (Å²) in [7, 11) is 0. The molecule has 0 saturated carbocycles. The zero-order valence-electron chi connectivity index (χ0n) is 4.14. The normalized spacial score (nSPS) is 13.0. The Bertz CT molecular complexity index is 70.6. The molecule has 4 nitrogen and oxygen atoms in total. The highest BCUT2D eigenvalue weighted by molar-refractivity contribution is 5.80. The molecule has 5 N–H and O–H groups in total. The van der Waals surface area contributed by atoms with Crippen LogP contribution in [0.3, 0.4) is 0 Å². The summed E-state index contributed by atoms with van der Waals surface area (Å²) in [5, 5.41) is 0. The van der Waals surface area contributed by atoms with Gasteiger partial charge in [0.25, 0.3) is 0 Å². The minimum atomic E-state index is -0.509. The van der Waals surface area contributed by atoms with Crippen molar-refractivity contribution in [3.05, 3.63) is 0 Å². The van der Waals surface area contributed by atoms with Crippen LogP contribution in [-0.4, -0.2) is 11.9 Å². The van der Waals surface area contributed by atoms with Crippen LogP contribution in [0.2, 0.25) is 0 Å². The molecule has 0 bridgehead atoms. The number of nitrogens with two attached hydrogens (primary N) is 2. The van der Waals surface area contributed by atoms with Gasteiger partial charge < -0.3 is 5.73 Å². The molecule has 4 heteroatoms. The lowest BCUT2D eigenvalue weighted by Crippen LogP contribution is -2.41. The first-order valence-corrected chi connectivity index (χ1v) is 1.94. The summed E-state index contributed by atoms with van der Waals surface area (Å²) >= 11 is 0. The van der Waals surface area contributed by atoms with Gasteiger partial charge in [-0.3, -0.25) is 10.2 Å². The lowest BCUT2D eigenvalue weighted by atomic mass is 10.4. The summed E-state index contributed by atoms with van der Waals surface area (Å²) in [6.07, 6.45) is 0. The third-order valence-electron chi connectivity index (χ3n) is 0.556. The van der Waals surface area contributed by atoms with Crippen LogP contribution in [0.1, 0.15) is 6.92 Å². The Morgan fingerprint density at radius 2 is 2.29 bits per heavy atom. The first-order chi connectivity index (χ1) is 3.18. The van der Waals surface area contributed by atoms with Crippen LogP contribution in [0.15, 0.2) is 0 Å². The van der Waals surface area contributed by atoms with Gasteiger partial charge in [-0.05, 0) is 6.92 Å². The molecule has 0 aliphatic rings. The summed E-state index contributed by atoms with van der Waals surface area (Å²) in [5.74, 6) is 4.35. The summed E-state index contributed by atoms with van der Waals surface area (Å²) in [4.78, 5) is 10.2. The second-order valence-corrected chi connectivity index (χ2v) is 1.30. The molecule has 42 valence electrons. The van der Waals surface area contributed by atoms with Crippen molar-refractivity contribution in [1.82, 2.24) is 5.43 Å². The third kappa shape index (κ3) is 2.13.